The van der Waals surface area contributed by atoms with Gasteiger partial charge in [0.2, 0.25) is 0 Å². The molecule has 0 spiro atoms. The van der Waals surface area contributed by atoms with E-state index >= 15 is 0 Å². The summed E-state index contributed by atoms with van der Waals surface area (Å²) in [4.78, 5) is 4.57. The summed E-state index contributed by atoms with van der Waals surface area (Å²) in [6.45, 7) is 1.92. The summed E-state index contributed by atoms with van der Waals surface area (Å²) in [6.07, 6.45) is 0. The molecule has 2 aromatic carbocycles. The molecule has 4 rings (SSSR count). The summed E-state index contributed by atoms with van der Waals surface area (Å²) in [6, 6.07) is 13.2. The van der Waals surface area contributed by atoms with E-state index in [0.29, 0.717) is 21.5 Å². The van der Waals surface area contributed by atoms with Gasteiger partial charge in [-0.3, -0.25) is 4.40 Å². The van der Waals surface area contributed by atoms with Gasteiger partial charge in [-0.1, -0.05) is 35.3 Å². The van der Waals surface area contributed by atoms with Gasteiger partial charge in [-0.2, -0.15) is 0 Å². The standard InChI is InChI=1S/C16H10Cl2N4/c1-9-15-20-21-16(11-8-10(17)6-7-12(11)18)22(15)14-5-3-2-4-13(14)19-9/h2-8H,1H3. The van der Waals surface area contributed by atoms with Gasteiger partial charge in [0, 0.05) is 10.6 Å². The van der Waals surface area contributed by atoms with Gasteiger partial charge in [0.1, 0.15) is 0 Å². The number of hydrogen-bond acceptors (Lipinski definition) is 3. The summed E-state index contributed by atoms with van der Waals surface area (Å²) < 4.78 is 1.97. The summed E-state index contributed by atoms with van der Waals surface area (Å²) >= 11 is 12.4. The van der Waals surface area contributed by atoms with E-state index in [4.69, 9.17) is 23.2 Å². The van der Waals surface area contributed by atoms with Crippen LogP contribution < -0.4 is 0 Å². The topological polar surface area (TPSA) is 43.1 Å². The Bertz CT molecular complexity index is 1020. The minimum atomic E-state index is 0.581. The van der Waals surface area contributed by atoms with Crippen LogP contribution in [0.15, 0.2) is 42.5 Å². The van der Waals surface area contributed by atoms with E-state index in [9.17, 15) is 0 Å². The van der Waals surface area contributed by atoms with Crippen LogP contribution in [0, 0.1) is 6.92 Å². The molecule has 2 heterocycles. The van der Waals surface area contributed by atoms with E-state index < -0.39 is 0 Å². The number of nitrogens with zero attached hydrogens (tertiary/aromatic N) is 4. The Morgan fingerprint density at radius 2 is 1.82 bits per heavy atom. The molecular formula is C16H10Cl2N4. The number of benzene rings is 2. The first kappa shape index (κ1) is 13.5. The molecule has 0 N–H and O–H groups in total. The largest absolute Gasteiger partial charge is 0.272 e. The number of fused-ring (bicyclic) bond motifs is 3. The van der Waals surface area contributed by atoms with E-state index in [1.54, 1.807) is 18.2 Å². The van der Waals surface area contributed by atoms with Crippen LogP contribution in [0.5, 0.6) is 0 Å². The molecule has 108 valence electrons. The molecule has 0 saturated heterocycles. The lowest BCUT2D eigenvalue weighted by molar-refractivity contribution is 1.11. The Morgan fingerprint density at radius 3 is 2.68 bits per heavy atom. The first-order valence-electron chi connectivity index (χ1n) is 6.71. The highest BCUT2D eigenvalue weighted by Gasteiger charge is 2.16. The maximum atomic E-state index is 6.32. The van der Waals surface area contributed by atoms with E-state index in [2.05, 4.69) is 15.2 Å². The molecule has 0 saturated carbocycles. The van der Waals surface area contributed by atoms with Gasteiger partial charge in [0.05, 0.1) is 21.7 Å². The maximum Gasteiger partial charge on any atom is 0.183 e. The fourth-order valence-electron chi connectivity index (χ4n) is 2.57. The molecule has 0 aliphatic heterocycles. The van der Waals surface area contributed by atoms with Crippen molar-refractivity contribution in [3.63, 3.8) is 0 Å². The Kier molecular flexibility index (Phi) is 3.03. The number of rotatable bonds is 1. The highest BCUT2D eigenvalue weighted by molar-refractivity contribution is 6.35. The van der Waals surface area contributed by atoms with Gasteiger partial charge in [-0.25, -0.2) is 4.98 Å². The van der Waals surface area contributed by atoms with E-state index in [-0.39, 0.29) is 0 Å². The fraction of sp³-hybridized carbons (Fsp3) is 0.0625. The summed E-state index contributed by atoms with van der Waals surface area (Å²) in [5, 5.41) is 9.76. The van der Waals surface area contributed by atoms with Crippen LogP contribution in [0.2, 0.25) is 10.0 Å². The highest BCUT2D eigenvalue weighted by Crippen LogP contribution is 2.31. The van der Waals surface area contributed by atoms with Crippen molar-refractivity contribution < 1.29 is 0 Å². The third-order valence-corrected chi connectivity index (χ3v) is 4.13. The molecule has 0 unspecified atom stereocenters. The second-order valence-electron chi connectivity index (χ2n) is 4.99. The minimum absolute atomic E-state index is 0.581. The Morgan fingerprint density at radius 1 is 1.00 bits per heavy atom. The molecule has 6 heteroatoms. The van der Waals surface area contributed by atoms with Gasteiger partial charge < -0.3 is 0 Å². The van der Waals surface area contributed by atoms with Crippen LogP contribution in [-0.4, -0.2) is 19.6 Å². The summed E-state index contributed by atoms with van der Waals surface area (Å²) in [7, 11) is 0. The number of para-hydroxylation sites is 2. The molecule has 0 radical (unpaired) electrons. The first-order chi connectivity index (χ1) is 10.6. The average Bonchev–Trinajstić information content (AvgIpc) is 2.95. The van der Waals surface area contributed by atoms with Crippen LogP contribution in [0.4, 0.5) is 0 Å². The van der Waals surface area contributed by atoms with Crippen molar-refractivity contribution in [1.82, 2.24) is 19.6 Å². The number of hydrogen-bond donors (Lipinski definition) is 0. The molecule has 4 aromatic rings. The van der Waals surface area contributed by atoms with Gasteiger partial charge in [-0.05, 0) is 37.3 Å². The Labute approximate surface area is 136 Å². The molecular weight excluding hydrogens is 319 g/mol. The predicted molar refractivity (Wildman–Crippen MR) is 88.5 cm³/mol. The monoisotopic (exact) mass is 328 g/mol. The molecule has 0 aliphatic carbocycles. The lowest BCUT2D eigenvalue weighted by Gasteiger charge is -2.07. The predicted octanol–water partition coefficient (Wildman–Crippen LogP) is 4.56. The van der Waals surface area contributed by atoms with Crippen molar-refractivity contribution in [3.8, 4) is 11.4 Å². The lowest BCUT2D eigenvalue weighted by Crippen LogP contribution is -1.97. The van der Waals surface area contributed by atoms with Crippen LogP contribution >= 0.6 is 23.2 Å². The smallest absolute Gasteiger partial charge is 0.183 e. The van der Waals surface area contributed by atoms with Crippen LogP contribution in [0.1, 0.15) is 5.69 Å². The van der Waals surface area contributed by atoms with Crippen molar-refractivity contribution in [2.45, 2.75) is 6.92 Å². The minimum Gasteiger partial charge on any atom is -0.272 e. The van der Waals surface area contributed by atoms with Crippen molar-refractivity contribution in [2.24, 2.45) is 0 Å². The summed E-state index contributed by atoms with van der Waals surface area (Å²) in [5.41, 5.74) is 4.09. The molecule has 0 atom stereocenters. The average molecular weight is 329 g/mol. The SMILES string of the molecule is Cc1nc2ccccc2n2c(-c3cc(Cl)ccc3Cl)nnc12. The fourth-order valence-corrected chi connectivity index (χ4v) is 2.94. The zero-order valence-electron chi connectivity index (χ0n) is 11.6. The first-order valence-corrected chi connectivity index (χ1v) is 7.46. The van der Waals surface area contributed by atoms with Crippen molar-refractivity contribution >= 4 is 39.9 Å². The van der Waals surface area contributed by atoms with Gasteiger partial charge in [0.25, 0.3) is 0 Å². The maximum absolute atomic E-state index is 6.32. The van der Waals surface area contributed by atoms with Gasteiger partial charge in [0.15, 0.2) is 11.5 Å². The Balaban J connectivity index is 2.18. The molecule has 0 amide bonds. The van der Waals surface area contributed by atoms with E-state index in [1.165, 1.54) is 0 Å². The van der Waals surface area contributed by atoms with Gasteiger partial charge in [-0.15, -0.1) is 10.2 Å². The van der Waals surface area contributed by atoms with E-state index in [0.717, 1.165) is 22.3 Å². The van der Waals surface area contributed by atoms with Crippen molar-refractivity contribution in [1.29, 1.82) is 0 Å². The second kappa shape index (κ2) is 4.93. The second-order valence-corrected chi connectivity index (χ2v) is 5.84. The van der Waals surface area contributed by atoms with Crippen LogP contribution in [0.25, 0.3) is 28.1 Å². The van der Waals surface area contributed by atoms with Crippen molar-refractivity contribution in [3.05, 3.63) is 58.2 Å². The molecule has 4 nitrogen and oxygen atoms in total. The lowest BCUT2D eigenvalue weighted by atomic mass is 10.2. The highest BCUT2D eigenvalue weighted by atomic mass is 35.5. The molecule has 0 aliphatic rings. The van der Waals surface area contributed by atoms with Crippen LogP contribution in [-0.2, 0) is 0 Å². The number of halogens is 2. The van der Waals surface area contributed by atoms with Gasteiger partial charge >= 0.3 is 0 Å². The molecule has 2 aromatic heterocycles. The zero-order chi connectivity index (χ0) is 15.3. The molecule has 0 fully saturated rings. The normalized spacial score (nSPS) is 11.4. The molecule has 22 heavy (non-hydrogen) atoms. The Hall–Kier alpha value is -2.17. The third-order valence-electron chi connectivity index (χ3n) is 3.57. The van der Waals surface area contributed by atoms with E-state index in [1.807, 2.05) is 35.6 Å². The zero-order valence-corrected chi connectivity index (χ0v) is 13.1. The van der Waals surface area contributed by atoms with Crippen LogP contribution in [0.3, 0.4) is 0 Å². The third kappa shape index (κ3) is 1.95. The number of aryl methyl sites for hydroxylation is 1. The molecule has 0 bridgehead atoms. The van der Waals surface area contributed by atoms with Crippen molar-refractivity contribution in [2.75, 3.05) is 0 Å². The number of aromatic nitrogens is 4. The summed E-state index contributed by atoms with van der Waals surface area (Å²) in [5.74, 6) is 0.657. The quantitative estimate of drug-likeness (QED) is 0.514.